The van der Waals surface area contributed by atoms with Crippen LogP contribution in [0.3, 0.4) is 0 Å². The summed E-state index contributed by atoms with van der Waals surface area (Å²) in [6.07, 6.45) is 0. The summed E-state index contributed by atoms with van der Waals surface area (Å²) in [6.45, 7) is 0.374. The van der Waals surface area contributed by atoms with Crippen molar-refractivity contribution in [3.05, 3.63) is 74.7 Å². The van der Waals surface area contributed by atoms with E-state index in [1.807, 2.05) is 6.07 Å². The first kappa shape index (κ1) is 20.2. The molecule has 2 aromatic carbocycles. The lowest BCUT2D eigenvalue weighted by atomic mass is 10.1. The Balaban J connectivity index is 1.47. The van der Waals surface area contributed by atoms with Crippen LogP contribution in [0.15, 0.2) is 48.5 Å². The first-order chi connectivity index (χ1) is 14.5. The van der Waals surface area contributed by atoms with Crippen molar-refractivity contribution in [1.82, 2.24) is 5.32 Å². The van der Waals surface area contributed by atoms with Gasteiger partial charge in [0, 0.05) is 29.2 Å². The van der Waals surface area contributed by atoms with Crippen molar-refractivity contribution in [2.45, 2.75) is 6.54 Å². The van der Waals surface area contributed by atoms with Gasteiger partial charge in [-0.1, -0.05) is 11.6 Å². The van der Waals surface area contributed by atoms with Crippen molar-refractivity contribution in [3.63, 3.8) is 0 Å². The Labute approximate surface area is 181 Å². The summed E-state index contributed by atoms with van der Waals surface area (Å²) < 4.78 is 20.4. The highest BCUT2D eigenvalue weighted by Crippen LogP contribution is 2.32. The average molecular weight is 446 g/mol. The Morgan fingerprint density at radius 1 is 1.23 bits per heavy atom. The second-order valence-corrected chi connectivity index (χ2v) is 8.32. The second-order valence-electron chi connectivity index (χ2n) is 6.52. The van der Waals surface area contributed by atoms with Crippen LogP contribution in [-0.2, 0) is 6.54 Å². The molecule has 0 fully saturated rings. The number of amides is 2. The topological polar surface area (TPSA) is 70.7 Å². The molecule has 4 rings (SSSR count). The van der Waals surface area contributed by atoms with Crippen LogP contribution in [0, 0.1) is 5.82 Å². The number of carbonyl (C=O) groups is 2. The number of fused-ring (bicyclic) bond motifs is 1. The van der Waals surface area contributed by atoms with Gasteiger partial charge >= 0.3 is 0 Å². The summed E-state index contributed by atoms with van der Waals surface area (Å²) >= 11 is 7.30. The molecule has 2 N–H and O–H groups in total. The van der Waals surface area contributed by atoms with Gasteiger partial charge in [-0.2, -0.15) is 0 Å². The third-order valence-electron chi connectivity index (χ3n) is 4.66. The third-order valence-corrected chi connectivity index (χ3v) is 5.89. The minimum atomic E-state index is -0.533. The highest BCUT2D eigenvalue weighted by atomic mass is 35.5. The molecule has 30 heavy (non-hydrogen) atoms. The summed E-state index contributed by atoms with van der Waals surface area (Å²) in [4.78, 5) is 27.5. The molecule has 0 spiro atoms. The molecule has 154 valence electrons. The van der Waals surface area contributed by atoms with Gasteiger partial charge in [-0.15, -0.1) is 11.3 Å². The van der Waals surface area contributed by atoms with E-state index in [1.165, 1.54) is 22.3 Å². The summed E-state index contributed by atoms with van der Waals surface area (Å²) in [5, 5.41) is 5.54. The molecule has 0 radical (unpaired) electrons. The molecule has 6 nitrogen and oxygen atoms in total. The van der Waals surface area contributed by atoms with E-state index in [9.17, 15) is 14.0 Å². The quantitative estimate of drug-likeness (QED) is 0.606. The van der Waals surface area contributed by atoms with Crippen molar-refractivity contribution in [2.75, 3.05) is 24.0 Å². The van der Waals surface area contributed by atoms with Crippen LogP contribution < -0.4 is 20.3 Å². The lowest BCUT2D eigenvalue weighted by molar-refractivity contribution is 0.0934. The number of nitrogens with one attached hydrogen (secondary N) is 2. The maximum atomic E-state index is 14.1. The van der Waals surface area contributed by atoms with Gasteiger partial charge in [0.25, 0.3) is 11.8 Å². The fourth-order valence-electron chi connectivity index (χ4n) is 3.07. The summed E-state index contributed by atoms with van der Waals surface area (Å²) in [5.41, 5.74) is 1.41. The predicted octanol–water partition coefficient (Wildman–Crippen LogP) is 4.51. The molecule has 9 heteroatoms. The molecular formula is C21H17ClFN3O3S. The predicted molar refractivity (Wildman–Crippen MR) is 115 cm³/mol. The maximum absolute atomic E-state index is 14.1. The molecule has 1 aliphatic rings. The Bertz CT molecular complexity index is 1120. The first-order valence-electron chi connectivity index (χ1n) is 9.04. The molecule has 2 heterocycles. The highest BCUT2D eigenvalue weighted by Gasteiger charge is 2.28. The Kier molecular flexibility index (Phi) is 5.61. The van der Waals surface area contributed by atoms with Crippen molar-refractivity contribution >= 4 is 46.1 Å². The molecule has 0 aliphatic carbocycles. The number of benzene rings is 2. The molecule has 0 atom stereocenters. The summed E-state index contributed by atoms with van der Waals surface area (Å²) in [5.74, 6) is -0.815. The van der Waals surface area contributed by atoms with Gasteiger partial charge in [0.1, 0.15) is 11.6 Å². The maximum Gasteiger partial charge on any atom is 0.264 e. The van der Waals surface area contributed by atoms with Gasteiger partial charge in [0.15, 0.2) is 6.73 Å². The van der Waals surface area contributed by atoms with E-state index in [1.54, 1.807) is 37.4 Å². The van der Waals surface area contributed by atoms with Crippen LogP contribution in [0.1, 0.15) is 25.6 Å². The Morgan fingerprint density at radius 2 is 2.00 bits per heavy atom. The highest BCUT2D eigenvalue weighted by molar-refractivity contribution is 7.16. The fraction of sp³-hybridized carbons (Fsp3) is 0.143. The van der Waals surface area contributed by atoms with E-state index in [2.05, 4.69) is 10.6 Å². The first-order valence-corrected chi connectivity index (χ1v) is 10.2. The number of thiophene rings is 1. The van der Waals surface area contributed by atoms with Gasteiger partial charge in [0.05, 0.1) is 22.1 Å². The van der Waals surface area contributed by atoms with E-state index in [0.29, 0.717) is 27.9 Å². The molecule has 0 unspecified atom stereocenters. The third kappa shape index (κ3) is 3.96. The number of rotatable bonds is 5. The van der Waals surface area contributed by atoms with Crippen molar-refractivity contribution < 1.29 is 18.7 Å². The zero-order chi connectivity index (χ0) is 21.3. The number of halogens is 2. The second kappa shape index (κ2) is 8.33. The Morgan fingerprint density at radius 3 is 2.67 bits per heavy atom. The normalized spacial score (nSPS) is 12.9. The van der Waals surface area contributed by atoms with E-state index in [4.69, 9.17) is 16.3 Å². The molecule has 3 aromatic rings. The smallest absolute Gasteiger partial charge is 0.264 e. The molecule has 0 saturated heterocycles. The Hall–Kier alpha value is -3.10. The molecule has 0 bridgehead atoms. The SMILES string of the molecule is CNc1cc2c(cc1F)C(=O)N(c1ccc(C(=O)NCc3ccc(Cl)s3)cc1)CO2. The van der Waals surface area contributed by atoms with Crippen LogP contribution in [0.4, 0.5) is 15.8 Å². The molecular weight excluding hydrogens is 429 g/mol. The van der Waals surface area contributed by atoms with Crippen LogP contribution in [0.5, 0.6) is 5.75 Å². The monoisotopic (exact) mass is 445 g/mol. The van der Waals surface area contributed by atoms with Crippen molar-refractivity contribution in [1.29, 1.82) is 0 Å². The number of hydrogen-bond acceptors (Lipinski definition) is 5. The molecule has 2 amide bonds. The zero-order valence-electron chi connectivity index (χ0n) is 15.9. The number of anilines is 2. The van der Waals surface area contributed by atoms with Gasteiger partial charge in [-0.25, -0.2) is 4.39 Å². The number of carbonyl (C=O) groups excluding carboxylic acids is 2. The standard InChI is InChI=1S/C21H17ClFN3O3S/c1-24-17-9-18-15(8-16(17)23)21(28)26(11-29-18)13-4-2-12(3-5-13)20(27)25-10-14-6-7-19(22)30-14/h2-9,24H,10-11H2,1H3,(H,25,27). The lowest BCUT2D eigenvalue weighted by Gasteiger charge is -2.29. The lowest BCUT2D eigenvalue weighted by Crippen LogP contribution is -2.38. The largest absolute Gasteiger partial charge is 0.472 e. The van der Waals surface area contributed by atoms with E-state index in [-0.39, 0.29) is 29.8 Å². The number of hydrogen-bond donors (Lipinski definition) is 2. The van der Waals surface area contributed by atoms with Crippen LogP contribution >= 0.6 is 22.9 Å². The fourth-order valence-corrected chi connectivity index (χ4v) is 4.10. The number of nitrogens with zero attached hydrogens (tertiary/aromatic N) is 1. The molecule has 1 aliphatic heterocycles. The van der Waals surface area contributed by atoms with Gasteiger partial charge < -0.3 is 15.4 Å². The molecule has 1 aromatic heterocycles. The minimum Gasteiger partial charge on any atom is -0.472 e. The zero-order valence-corrected chi connectivity index (χ0v) is 17.4. The van der Waals surface area contributed by atoms with E-state index in [0.717, 1.165) is 10.9 Å². The van der Waals surface area contributed by atoms with Crippen molar-refractivity contribution in [2.24, 2.45) is 0 Å². The van der Waals surface area contributed by atoms with Crippen molar-refractivity contribution in [3.8, 4) is 5.75 Å². The molecule has 0 saturated carbocycles. The van der Waals surface area contributed by atoms with Gasteiger partial charge in [-0.05, 0) is 42.5 Å². The van der Waals surface area contributed by atoms with Gasteiger partial charge in [-0.3, -0.25) is 14.5 Å². The van der Waals surface area contributed by atoms with E-state index >= 15 is 0 Å². The average Bonchev–Trinajstić information content (AvgIpc) is 3.17. The van der Waals surface area contributed by atoms with Crippen LogP contribution in [0.25, 0.3) is 0 Å². The summed E-state index contributed by atoms with van der Waals surface area (Å²) in [6, 6.07) is 12.8. The number of ether oxygens (including phenoxy) is 1. The minimum absolute atomic E-state index is 0.00863. The van der Waals surface area contributed by atoms with E-state index < -0.39 is 5.82 Å². The van der Waals surface area contributed by atoms with Crippen LogP contribution in [-0.4, -0.2) is 25.6 Å². The summed E-state index contributed by atoms with van der Waals surface area (Å²) in [7, 11) is 1.59. The van der Waals surface area contributed by atoms with Gasteiger partial charge in [0.2, 0.25) is 0 Å². The van der Waals surface area contributed by atoms with Crippen LogP contribution in [0.2, 0.25) is 4.34 Å².